The summed E-state index contributed by atoms with van der Waals surface area (Å²) in [4.78, 5) is 15.8. The number of nitrogens with zero attached hydrogens (tertiary/aromatic N) is 1. The van der Waals surface area contributed by atoms with Crippen molar-refractivity contribution in [1.82, 2.24) is 4.98 Å². The molecule has 116 valence electrons. The van der Waals surface area contributed by atoms with E-state index < -0.39 is 0 Å². The first-order valence-corrected chi connectivity index (χ1v) is 7.70. The third kappa shape index (κ3) is 5.20. The van der Waals surface area contributed by atoms with Crippen LogP contribution in [0.25, 0.3) is 0 Å². The zero-order valence-electron chi connectivity index (χ0n) is 13.2. The summed E-state index contributed by atoms with van der Waals surface area (Å²) >= 11 is 0. The minimum absolute atomic E-state index is 0.0175. The minimum Gasteiger partial charge on any atom is -0.384 e. The number of nitrogens with one attached hydrogen (secondary N) is 2. The number of carbonyl (C=O) groups is 1. The Morgan fingerprint density at radius 2 is 1.91 bits per heavy atom. The smallest absolute Gasteiger partial charge is 0.228 e. The number of hydrogen-bond acceptors (Lipinski definition) is 3. The average Bonchev–Trinajstić information content (AvgIpc) is 2.54. The van der Waals surface area contributed by atoms with Crippen LogP contribution < -0.4 is 10.6 Å². The summed E-state index contributed by atoms with van der Waals surface area (Å²) in [6.45, 7) is 4.62. The van der Waals surface area contributed by atoms with Gasteiger partial charge < -0.3 is 10.6 Å². The van der Waals surface area contributed by atoms with Crippen LogP contribution in [0.2, 0.25) is 0 Å². The first kappa shape index (κ1) is 16.0. The largest absolute Gasteiger partial charge is 0.384 e. The van der Waals surface area contributed by atoms with Crippen molar-refractivity contribution in [3.63, 3.8) is 0 Å². The Hall–Kier alpha value is -2.36. The van der Waals surface area contributed by atoms with E-state index >= 15 is 0 Å². The third-order valence-corrected chi connectivity index (χ3v) is 3.35. The standard InChI is InChI=1S/C18H23N3O/c1-14(2)18(22)21-17-11-10-16(13-20-17)19-12-6-9-15-7-4-3-5-8-15/h3-5,7-8,10-11,13-14,19H,6,9,12H2,1-2H3,(H,20,21,22). The Morgan fingerprint density at radius 1 is 1.14 bits per heavy atom. The maximum atomic E-state index is 11.6. The average molecular weight is 297 g/mol. The van der Waals surface area contributed by atoms with Crippen LogP contribution in [0.3, 0.4) is 0 Å². The number of amides is 1. The second kappa shape index (κ2) is 8.17. The molecule has 1 amide bonds. The number of benzene rings is 1. The van der Waals surface area contributed by atoms with E-state index in [1.54, 1.807) is 6.20 Å². The molecule has 1 aromatic carbocycles. The molecule has 0 atom stereocenters. The van der Waals surface area contributed by atoms with Crippen molar-refractivity contribution in [2.24, 2.45) is 5.92 Å². The van der Waals surface area contributed by atoms with Gasteiger partial charge in [0.2, 0.25) is 5.91 Å². The van der Waals surface area contributed by atoms with Crippen LogP contribution in [0, 0.1) is 5.92 Å². The lowest BCUT2D eigenvalue weighted by Gasteiger charge is -2.09. The van der Waals surface area contributed by atoms with E-state index in [-0.39, 0.29) is 11.8 Å². The highest BCUT2D eigenvalue weighted by molar-refractivity contribution is 5.91. The number of aryl methyl sites for hydroxylation is 1. The summed E-state index contributed by atoms with van der Waals surface area (Å²) in [5, 5.41) is 6.12. The lowest BCUT2D eigenvalue weighted by molar-refractivity contribution is -0.118. The minimum atomic E-state index is -0.0439. The molecule has 0 saturated heterocycles. The third-order valence-electron chi connectivity index (χ3n) is 3.35. The molecule has 0 aliphatic rings. The van der Waals surface area contributed by atoms with Crippen molar-refractivity contribution >= 4 is 17.4 Å². The second-order valence-corrected chi connectivity index (χ2v) is 5.59. The molecule has 2 aromatic rings. The van der Waals surface area contributed by atoms with Crippen LogP contribution >= 0.6 is 0 Å². The molecule has 4 heteroatoms. The Bertz CT molecular complexity index is 579. The van der Waals surface area contributed by atoms with Crippen LogP contribution in [0.15, 0.2) is 48.7 Å². The predicted molar refractivity (Wildman–Crippen MR) is 91.0 cm³/mol. The van der Waals surface area contributed by atoms with Gasteiger partial charge in [-0.3, -0.25) is 4.79 Å². The molecule has 0 bridgehead atoms. The van der Waals surface area contributed by atoms with Gasteiger partial charge in [-0.2, -0.15) is 0 Å². The van der Waals surface area contributed by atoms with Gasteiger partial charge in [0.1, 0.15) is 5.82 Å². The molecule has 0 radical (unpaired) electrons. The highest BCUT2D eigenvalue weighted by Gasteiger charge is 2.07. The number of anilines is 2. The summed E-state index contributed by atoms with van der Waals surface area (Å²) in [5.41, 5.74) is 2.32. The molecule has 0 aliphatic carbocycles. The molecule has 1 aromatic heterocycles. The summed E-state index contributed by atoms with van der Waals surface area (Å²) in [6.07, 6.45) is 3.87. The summed E-state index contributed by atoms with van der Waals surface area (Å²) in [6, 6.07) is 14.2. The fourth-order valence-corrected chi connectivity index (χ4v) is 2.01. The monoisotopic (exact) mass is 297 g/mol. The maximum absolute atomic E-state index is 11.6. The van der Waals surface area contributed by atoms with E-state index in [9.17, 15) is 4.79 Å². The zero-order valence-corrected chi connectivity index (χ0v) is 13.2. The first-order chi connectivity index (χ1) is 10.6. The molecular weight excluding hydrogens is 274 g/mol. The van der Waals surface area contributed by atoms with E-state index in [1.807, 2.05) is 32.0 Å². The normalized spacial score (nSPS) is 10.5. The highest BCUT2D eigenvalue weighted by atomic mass is 16.1. The van der Waals surface area contributed by atoms with Crippen molar-refractivity contribution in [2.75, 3.05) is 17.2 Å². The van der Waals surface area contributed by atoms with E-state index in [0.29, 0.717) is 5.82 Å². The van der Waals surface area contributed by atoms with Gasteiger partial charge in [-0.05, 0) is 30.5 Å². The van der Waals surface area contributed by atoms with Crippen LogP contribution in [0.1, 0.15) is 25.8 Å². The van der Waals surface area contributed by atoms with Gasteiger partial charge in [-0.15, -0.1) is 0 Å². The number of hydrogen-bond donors (Lipinski definition) is 2. The van der Waals surface area contributed by atoms with Crippen LogP contribution in [0.4, 0.5) is 11.5 Å². The molecule has 2 N–H and O–H groups in total. The van der Waals surface area contributed by atoms with Crippen molar-refractivity contribution in [3.05, 3.63) is 54.2 Å². The van der Waals surface area contributed by atoms with Gasteiger partial charge in [0.15, 0.2) is 0 Å². The maximum Gasteiger partial charge on any atom is 0.228 e. The van der Waals surface area contributed by atoms with Crippen molar-refractivity contribution < 1.29 is 4.79 Å². The number of rotatable bonds is 7. The van der Waals surface area contributed by atoms with Crippen molar-refractivity contribution in [2.45, 2.75) is 26.7 Å². The van der Waals surface area contributed by atoms with Gasteiger partial charge >= 0.3 is 0 Å². The molecular formula is C18H23N3O. The van der Waals surface area contributed by atoms with Gasteiger partial charge in [0, 0.05) is 12.5 Å². The number of aromatic nitrogens is 1. The molecule has 0 unspecified atom stereocenters. The van der Waals surface area contributed by atoms with E-state index in [4.69, 9.17) is 0 Å². The van der Waals surface area contributed by atoms with E-state index in [2.05, 4.69) is 39.9 Å². The van der Waals surface area contributed by atoms with Gasteiger partial charge in [-0.1, -0.05) is 44.2 Å². The Labute approximate surface area is 132 Å². The fourth-order valence-electron chi connectivity index (χ4n) is 2.01. The second-order valence-electron chi connectivity index (χ2n) is 5.59. The summed E-state index contributed by atoms with van der Waals surface area (Å²) < 4.78 is 0. The Kier molecular flexibility index (Phi) is 5.95. The van der Waals surface area contributed by atoms with Gasteiger partial charge in [0.25, 0.3) is 0 Å². The highest BCUT2D eigenvalue weighted by Crippen LogP contribution is 2.11. The van der Waals surface area contributed by atoms with Crippen molar-refractivity contribution in [3.8, 4) is 0 Å². The van der Waals surface area contributed by atoms with Gasteiger partial charge in [-0.25, -0.2) is 4.98 Å². The lowest BCUT2D eigenvalue weighted by Crippen LogP contribution is -2.18. The fraction of sp³-hybridized carbons (Fsp3) is 0.333. The lowest BCUT2D eigenvalue weighted by atomic mass is 10.1. The number of carbonyl (C=O) groups excluding carboxylic acids is 1. The van der Waals surface area contributed by atoms with Crippen LogP contribution in [-0.2, 0) is 11.2 Å². The summed E-state index contributed by atoms with van der Waals surface area (Å²) in [5.74, 6) is 0.530. The van der Waals surface area contributed by atoms with Gasteiger partial charge in [0.05, 0.1) is 11.9 Å². The molecule has 1 heterocycles. The van der Waals surface area contributed by atoms with Crippen LogP contribution in [0.5, 0.6) is 0 Å². The van der Waals surface area contributed by atoms with Crippen molar-refractivity contribution in [1.29, 1.82) is 0 Å². The zero-order chi connectivity index (χ0) is 15.8. The SMILES string of the molecule is CC(C)C(=O)Nc1ccc(NCCCc2ccccc2)cn1. The Morgan fingerprint density at radius 3 is 2.55 bits per heavy atom. The first-order valence-electron chi connectivity index (χ1n) is 7.70. The molecule has 0 spiro atoms. The molecule has 2 rings (SSSR count). The Balaban J connectivity index is 1.73. The molecule has 22 heavy (non-hydrogen) atoms. The summed E-state index contributed by atoms with van der Waals surface area (Å²) in [7, 11) is 0. The quantitative estimate of drug-likeness (QED) is 0.766. The molecule has 0 aliphatic heterocycles. The van der Waals surface area contributed by atoms with E-state index in [0.717, 1.165) is 25.1 Å². The predicted octanol–water partition coefficient (Wildman–Crippen LogP) is 3.72. The molecule has 0 fully saturated rings. The topological polar surface area (TPSA) is 54.0 Å². The molecule has 0 saturated carbocycles. The molecule has 4 nitrogen and oxygen atoms in total. The van der Waals surface area contributed by atoms with Crippen LogP contribution in [-0.4, -0.2) is 17.4 Å². The van der Waals surface area contributed by atoms with E-state index in [1.165, 1.54) is 5.56 Å². The number of pyridine rings is 1.